The summed E-state index contributed by atoms with van der Waals surface area (Å²) in [6.07, 6.45) is 6.11. The van der Waals surface area contributed by atoms with Gasteiger partial charge in [-0.25, -0.2) is 0 Å². The highest BCUT2D eigenvalue weighted by molar-refractivity contribution is 7.19. The average Bonchev–Trinajstić information content (AvgIpc) is 2.68. The standard InChI is InChI=1S/C31H52O6P2/c1-18-11-20(30(17-38)22(3)13-26(7)33-23(30,4)14-27(8,32-22)36-26)21(12-19(18)2)31(39)24(5)15-28(9)35-25(31,6)16-29(10,34-24)37-28/h18-21H,11-17,38-39H2,1-10H3. The predicted octanol–water partition coefficient (Wildman–Crippen LogP) is 6.40. The molecule has 0 radical (unpaired) electrons. The van der Waals surface area contributed by atoms with Crippen LogP contribution in [0.1, 0.15) is 108 Å². The van der Waals surface area contributed by atoms with Gasteiger partial charge in [0, 0.05) is 36.3 Å². The molecule has 8 heteroatoms. The fourth-order valence-corrected chi connectivity index (χ4v) is 14.5. The van der Waals surface area contributed by atoms with Gasteiger partial charge >= 0.3 is 0 Å². The molecule has 8 saturated heterocycles. The van der Waals surface area contributed by atoms with Gasteiger partial charge in [-0.1, -0.05) is 13.8 Å². The van der Waals surface area contributed by atoms with E-state index in [0.29, 0.717) is 23.7 Å². The first-order valence-corrected chi connectivity index (χ1v) is 16.8. The Hall–Kier alpha value is 0.620. The highest BCUT2D eigenvalue weighted by Crippen LogP contribution is 2.76. The Morgan fingerprint density at radius 3 is 1.26 bits per heavy atom. The second-order valence-electron chi connectivity index (χ2n) is 16.5. The monoisotopic (exact) mass is 582 g/mol. The second-order valence-corrected chi connectivity index (χ2v) is 17.8. The summed E-state index contributed by atoms with van der Waals surface area (Å²) in [6, 6.07) is 0. The molecular formula is C31H52O6P2. The Kier molecular flexibility index (Phi) is 5.43. The molecule has 9 fully saturated rings. The average molecular weight is 583 g/mol. The van der Waals surface area contributed by atoms with E-state index in [1.165, 1.54) is 0 Å². The van der Waals surface area contributed by atoms with Crippen LogP contribution in [-0.2, 0) is 28.4 Å². The largest absolute Gasteiger partial charge is 0.343 e. The quantitative estimate of drug-likeness (QED) is 0.359. The van der Waals surface area contributed by atoms with E-state index in [1.54, 1.807) is 0 Å². The summed E-state index contributed by atoms with van der Waals surface area (Å²) in [6.45, 7) is 22.8. The summed E-state index contributed by atoms with van der Waals surface area (Å²) in [5.41, 5.74) is -1.81. The van der Waals surface area contributed by atoms with E-state index in [-0.39, 0.29) is 21.8 Å². The molecule has 9 rings (SSSR count). The molecular weight excluding hydrogens is 530 g/mol. The van der Waals surface area contributed by atoms with Gasteiger partial charge in [-0.15, -0.1) is 18.5 Å². The smallest absolute Gasteiger partial charge is 0.172 e. The van der Waals surface area contributed by atoms with Gasteiger partial charge < -0.3 is 28.4 Å². The Labute approximate surface area is 240 Å². The minimum atomic E-state index is -0.635. The van der Waals surface area contributed by atoms with Crippen molar-refractivity contribution in [3.63, 3.8) is 0 Å². The van der Waals surface area contributed by atoms with E-state index in [1.807, 2.05) is 0 Å². The van der Waals surface area contributed by atoms with Crippen LogP contribution >= 0.6 is 18.5 Å². The van der Waals surface area contributed by atoms with Crippen LogP contribution in [0.3, 0.4) is 0 Å². The minimum Gasteiger partial charge on any atom is -0.343 e. The molecule has 9 aliphatic rings. The first-order chi connectivity index (χ1) is 17.7. The Morgan fingerprint density at radius 1 is 0.538 bits per heavy atom. The van der Waals surface area contributed by atoms with E-state index in [2.05, 4.69) is 87.7 Å². The molecule has 0 aromatic rings. The van der Waals surface area contributed by atoms with Gasteiger partial charge in [0.25, 0.3) is 0 Å². The SMILES string of the molecule is CC1CC(C2(P)C3(C)CC4(C)OC(C)(CC2(C)O4)O3)C(C2(CP)C3(C)CC4(C)OC(C)(CC2(C)O4)O3)CC1C. The summed E-state index contributed by atoms with van der Waals surface area (Å²) in [5.74, 6) is -0.641. The highest BCUT2D eigenvalue weighted by atomic mass is 31.0. The van der Waals surface area contributed by atoms with Crippen molar-refractivity contribution < 1.29 is 28.4 Å². The van der Waals surface area contributed by atoms with Crippen molar-refractivity contribution in [2.24, 2.45) is 29.1 Å². The van der Waals surface area contributed by atoms with E-state index >= 15 is 0 Å². The first-order valence-electron chi connectivity index (χ1n) is 15.4. The maximum atomic E-state index is 7.11. The molecule has 14 unspecified atom stereocenters. The Morgan fingerprint density at radius 2 is 0.872 bits per heavy atom. The third-order valence-electron chi connectivity index (χ3n) is 13.1. The molecule has 14 atom stereocenters. The summed E-state index contributed by atoms with van der Waals surface area (Å²) in [7, 11) is 6.58. The maximum Gasteiger partial charge on any atom is 0.172 e. The van der Waals surface area contributed by atoms with Crippen LogP contribution in [0.4, 0.5) is 0 Å². The molecule has 222 valence electrons. The van der Waals surface area contributed by atoms with E-state index in [0.717, 1.165) is 44.7 Å². The van der Waals surface area contributed by atoms with Crippen LogP contribution in [0, 0.1) is 29.1 Å². The van der Waals surface area contributed by atoms with Crippen molar-refractivity contribution in [3.05, 3.63) is 0 Å². The zero-order chi connectivity index (χ0) is 28.5. The third kappa shape index (κ3) is 3.18. The van der Waals surface area contributed by atoms with Crippen LogP contribution in [-0.4, -0.2) is 56.9 Å². The molecule has 0 aromatic carbocycles. The molecule has 8 aliphatic heterocycles. The van der Waals surface area contributed by atoms with Gasteiger partial charge in [0.2, 0.25) is 0 Å². The third-order valence-corrected chi connectivity index (χ3v) is 15.4. The topological polar surface area (TPSA) is 55.4 Å². The number of hydrogen-bond acceptors (Lipinski definition) is 6. The lowest BCUT2D eigenvalue weighted by molar-refractivity contribution is -0.553. The summed E-state index contributed by atoms with van der Waals surface area (Å²) in [4.78, 5) is 0. The van der Waals surface area contributed by atoms with E-state index in [9.17, 15) is 0 Å². The second kappa shape index (κ2) is 7.46. The van der Waals surface area contributed by atoms with Gasteiger partial charge in [0.15, 0.2) is 23.1 Å². The predicted molar refractivity (Wildman–Crippen MR) is 156 cm³/mol. The van der Waals surface area contributed by atoms with Crippen LogP contribution < -0.4 is 0 Å². The lowest BCUT2D eigenvalue weighted by atomic mass is 9.42. The number of ether oxygens (including phenoxy) is 6. The summed E-state index contributed by atoms with van der Waals surface area (Å²) >= 11 is 0. The van der Waals surface area contributed by atoms with Gasteiger partial charge in [-0.2, -0.15) is 0 Å². The molecule has 0 N–H and O–H groups in total. The molecule has 1 saturated carbocycles. The van der Waals surface area contributed by atoms with Gasteiger partial charge in [0.1, 0.15) is 0 Å². The Bertz CT molecular complexity index is 1020. The Balaban J connectivity index is 1.42. The van der Waals surface area contributed by atoms with Crippen molar-refractivity contribution in [3.8, 4) is 0 Å². The molecule has 0 amide bonds. The van der Waals surface area contributed by atoms with Crippen LogP contribution in [0.5, 0.6) is 0 Å². The normalized spacial score (nSPS) is 68.9. The number of hydrogen-bond donors (Lipinski definition) is 0. The zero-order valence-electron chi connectivity index (χ0n) is 25.9. The summed E-state index contributed by atoms with van der Waals surface area (Å²) in [5, 5.41) is -0.305. The maximum absolute atomic E-state index is 7.11. The molecule has 1 aliphatic carbocycles. The molecule has 8 heterocycles. The highest BCUT2D eigenvalue weighted by Gasteiger charge is 2.83. The fourth-order valence-electron chi connectivity index (χ4n) is 12.7. The van der Waals surface area contributed by atoms with Gasteiger partial charge in [-0.3, -0.25) is 0 Å². The van der Waals surface area contributed by atoms with Crippen LogP contribution in [0.15, 0.2) is 0 Å². The zero-order valence-corrected chi connectivity index (χ0v) is 28.2. The lowest BCUT2D eigenvalue weighted by Gasteiger charge is -2.80. The van der Waals surface area contributed by atoms with Crippen LogP contribution in [0.2, 0.25) is 0 Å². The van der Waals surface area contributed by atoms with Crippen molar-refractivity contribution in [2.45, 2.75) is 158 Å². The lowest BCUT2D eigenvalue weighted by Crippen LogP contribution is -2.87. The van der Waals surface area contributed by atoms with Crippen molar-refractivity contribution in [1.29, 1.82) is 0 Å². The summed E-state index contributed by atoms with van der Waals surface area (Å²) < 4.78 is 41.3. The van der Waals surface area contributed by atoms with Crippen molar-refractivity contribution in [1.82, 2.24) is 0 Å². The van der Waals surface area contributed by atoms with E-state index < -0.39 is 34.4 Å². The van der Waals surface area contributed by atoms with Crippen molar-refractivity contribution in [2.75, 3.05) is 6.16 Å². The first kappa shape index (κ1) is 28.4. The van der Waals surface area contributed by atoms with Crippen LogP contribution in [0.25, 0.3) is 0 Å². The number of rotatable bonds is 3. The van der Waals surface area contributed by atoms with E-state index in [4.69, 9.17) is 28.4 Å². The molecule has 8 bridgehead atoms. The molecule has 0 spiro atoms. The molecule has 0 aromatic heterocycles. The fraction of sp³-hybridized carbons (Fsp3) is 1.00. The minimum absolute atomic E-state index is 0.220. The molecule has 6 nitrogen and oxygen atoms in total. The van der Waals surface area contributed by atoms with Gasteiger partial charge in [-0.05, 0) is 98.1 Å². The van der Waals surface area contributed by atoms with Crippen molar-refractivity contribution >= 4 is 18.5 Å². The molecule has 39 heavy (non-hydrogen) atoms. The van der Waals surface area contributed by atoms with Gasteiger partial charge in [0.05, 0.1) is 22.4 Å².